The first-order valence-electron chi connectivity index (χ1n) is 21.3. The molecule has 15 heteroatoms. The number of hydrogen-bond donors (Lipinski definition) is 2. The number of ether oxygens (including phenoxy) is 2. The van der Waals surface area contributed by atoms with Crippen LogP contribution in [0.3, 0.4) is 0 Å². The maximum absolute atomic E-state index is 14.1. The van der Waals surface area contributed by atoms with Crippen LogP contribution in [0.15, 0.2) is 66.7 Å². The van der Waals surface area contributed by atoms with Crippen LogP contribution in [0.1, 0.15) is 63.4 Å². The van der Waals surface area contributed by atoms with Crippen LogP contribution in [-0.4, -0.2) is 136 Å². The number of carbonyl (C=O) groups is 4. The summed E-state index contributed by atoms with van der Waals surface area (Å²) in [5.74, 6) is 0.333. The molecule has 2 aliphatic heterocycles. The molecule has 0 unspecified atom stereocenters. The van der Waals surface area contributed by atoms with Crippen molar-refractivity contribution in [1.29, 1.82) is 0 Å². The van der Waals surface area contributed by atoms with Gasteiger partial charge in [0.15, 0.2) is 0 Å². The second-order valence-electron chi connectivity index (χ2n) is 16.2. The molecular weight excluding hydrogens is 803 g/mol. The Kier molecular flexibility index (Phi) is 17.5. The first kappa shape index (κ1) is 47.0. The molecule has 3 aliphatic rings. The third-order valence-electron chi connectivity index (χ3n) is 12.2. The van der Waals surface area contributed by atoms with Crippen molar-refractivity contribution >= 4 is 46.7 Å². The lowest BCUT2D eigenvalue weighted by Gasteiger charge is -2.45. The van der Waals surface area contributed by atoms with E-state index in [-0.39, 0.29) is 60.8 Å². The van der Waals surface area contributed by atoms with Gasteiger partial charge in [0.2, 0.25) is 17.7 Å². The number of amides is 3. The summed E-state index contributed by atoms with van der Waals surface area (Å²) in [7, 11) is 7.50. The summed E-state index contributed by atoms with van der Waals surface area (Å²) < 4.78 is 24.7. The van der Waals surface area contributed by atoms with Crippen molar-refractivity contribution in [2.24, 2.45) is 0 Å². The maximum Gasteiger partial charge on any atom is 0.303 e. The molecule has 3 amide bonds. The smallest absolute Gasteiger partial charge is 0.303 e. The zero-order chi connectivity index (χ0) is 43.9. The number of hydrogen-bond acceptors (Lipinski definition) is 9. The highest BCUT2D eigenvalue weighted by atomic mass is 35.5. The average molecular weight is 865 g/mol. The quantitative estimate of drug-likeness (QED) is 0.184. The van der Waals surface area contributed by atoms with Crippen molar-refractivity contribution in [3.05, 3.63) is 83.1 Å². The number of likely N-dealkylation sites (N-methyl/N-ethyl adjacent to an activating group) is 1. The molecule has 6 rings (SSSR count). The first-order valence-corrected chi connectivity index (χ1v) is 21.6. The van der Waals surface area contributed by atoms with E-state index in [0.29, 0.717) is 64.5 Å². The molecule has 0 radical (unpaired) electrons. The van der Waals surface area contributed by atoms with Crippen LogP contribution < -0.4 is 24.6 Å². The molecule has 61 heavy (non-hydrogen) atoms. The van der Waals surface area contributed by atoms with Gasteiger partial charge in [-0.3, -0.25) is 19.2 Å². The Morgan fingerprint density at radius 1 is 0.770 bits per heavy atom. The molecule has 13 nitrogen and oxygen atoms in total. The van der Waals surface area contributed by atoms with E-state index in [1.54, 1.807) is 36.2 Å². The number of piperazine rings is 2. The van der Waals surface area contributed by atoms with E-state index in [0.717, 1.165) is 54.3 Å². The number of carboxylic acid groups (broad SMARTS) is 1. The van der Waals surface area contributed by atoms with Gasteiger partial charge in [-0.25, -0.2) is 4.39 Å². The Bertz CT molecular complexity index is 1930. The number of rotatable bonds is 15. The van der Waals surface area contributed by atoms with Crippen molar-refractivity contribution in [3.8, 4) is 11.5 Å². The van der Waals surface area contributed by atoms with Crippen LogP contribution >= 0.6 is 11.6 Å². The molecule has 0 atom stereocenters. The van der Waals surface area contributed by atoms with Crippen LogP contribution in [-0.2, 0) is 25.6 Å². The highest BCUT2D eigenvalue weighted by Crippen LogP contribution is 2.36. The van der Waals surface area contributed by atoms with E-state index < -0.39 is 5.97 Å². The van der Waals surface area contributed by atoms with Gasteiger partial charge >= 0.3 is 5.97 Å². The fraction of sp³-hybridized carbons (Fsp3) is 0.522. The number of aliphatic carboxylic acids is 1. The van der Waals surface area contributed by atoms with E-state index in [4.69, 9.17) is 26.2 Å². The van der Waals surface area contributed by atoms with Gasteiger partial charge in [-0.15, -0.1) is 0 Å². The van der Waals surface area contributed by atoms with Crippen LogP contribution in [0.5, 0.6) is 11.5 Å². The molecule has 0 aromatic heterocycles. The number of carboxylic acids is 1. The van der Waals surface area contributed by atoms with Crippen LogP contribution in [0, 0.1) is 5.82 Å². The number of nitrogens with one attached hydrogen (secondary N) is 1. The Balaban J connectivity index is 0.000000254. The molecule has 3 aromatic carbocycles. The molecule has 332 valence electrons. The Hall–Kier alpha value is -5.08. The summed E-state index contributed by atoms with van der Waals surface area (Å²) in [5, 5.41) is 12.6. The molecule has 3 fully saturated rings. The molecule has 1 saturated carbocycles. The number of methoxy groups -OCH3 is 2. The lowest BCUT2D eigenvalue weighted by molar-refractivity contribution is -0.137. The number of benzene rings is 3. The van der Waals surface area contributed by atoms with Gasteiger partial charge in [0.1, 0.15) is 17.3 Å². The van der Waals surface area contributed by atoms with E-state index in [9.17, 15) is 23.6 Å². The van der Waals surface area contributed by atoms with Gasteiger partial charge in [0.25, 0.3) is 0 Å². The summed E-state index contributed by atoms with van der Waals surface area (Å²) in [6.07, 6.45) is 5.85. The van der Waals surface area contributed by atoms with Gasteiger partial charge in [-0.1, -0.05) is 35.9 Å². The summed E-state index contributed by atoms with van der Waals surface area (Å²) in [4.78, 5) is 58.0. The third kappa shape index (κ3) is 13.5. The van der Waals surface area contributed by atoms with Crippen molar-refractivity contribution in [2.45, 2.75) is 75.8 Å². The molecule has 1 aliphatic carbocycles. The monoisotopic (exact) mass is 864 g/mol. The molecule has 2 N–H and O–H groups in total. The lowest BCUT2D eigenvalue weighted by Crippen LogP contribution is -2.52. The number of nitrogens with zero attached hydrogens (tertiary/aromatic N) is 5. The minimum absolute atomic E-state index is 0.0138. The second kappa shape index (κ2) is 22.7. The highest BCUT2D eigenvalue weighted by Gasteiger charge is 2.38. The molecule has 2 heterocycles. The van der Waals surface area contributed by atoms with Gasteiger partial charge in [0.05, 0.1) is 25.6 Å². The maximum atomic E-state index is 14.1. The standard InChI is InChI=1S/C29H38ClFN4O2.C17H24N2O5/c1-33(2)29(21-22-6-5-7-23(30)20-22)14-12-24(13-15-29)32-27(36)10-11-28(37)35-18-16-34(17-19-35)26-9-4-3-8-25(26)31;1-23-13-6-7-14(15(12-13)24-2)18-8-10-19(11-9-18)16(20)4-3-5-17(21)22/h3-9,20,24H,10-19,21H2,1-2H3,(H,32,36);6-7,12H,3-5,8-11H2,1-2H3,(H,21,22). The Morgan fingerprint density at radius 2 is 1.39 bits per heavy atom. The summed E-state index contributed by atoms with van der Waals surface area (Å²) in [6, 6.07) is 20.6. The summed E-state index contributed by atoms with van der Waals surface area (Å²) in [6.45, 7) is 4.93. The topological polar surface area (TPSA) is 135 Å². The zero-order valence-electron chi connectivity index (χ0n) is 36.0. The molecule has 2 saturated heterocycles. The SMILES string of the molecule is CN(C)C1(Cc2cccc(Cl)c2)CCC(NC(=O)CCC(=O)N2CCN(c3ccccc3F)CC2)CC1.COc1ccc(N2CCN(C(=O)CCCC(=O)O)CC2)c(OC)c1. The minimum atomic E-state index is -0.862. The summed E-state index contributed by atoms with van der Waals surface area (Å²) >= 11 is 6.20. The van der Waals surface area contributed by atoms with E-state index >= 15 is 0 Å². The lowest BCUT2D eigenvalue weighted by atomic mass is 9.75. The fourth-order valence-electron chi connectivity index (χ4n) is 8.48. The first-order chi connectivity index (χ1) is 29.3. The highest BCUT2D eigenvalue weighted by molar-refractivity contribution is 6.30. The van der Waals surface area contributed by atoms with E-state index in [1.165, 1.54) is 11.6 Å². The number of para-hydroxylation sites is 1. The van der Waals surface area contributed by atoms with Gasteiger partial charge < -0.3 is 44.4 Å². The van der Waals surface area contributed by atoms with Crippen molar-refractivity contribution < 1.29 is 38.1 Å². The number of anilines is 2. The summed E-state index contributed by atoms with van der Waals surface area (Å²) in [5.41, 5.74) is 2.84. The number of carbonyl (C=O) groups excluding carboxylic acids is 3. The van der Waals surface area contributed by atoms with E-state index in [2.05, 4.69) is 35.3 Å². The Labute approximate surface area is 364 Å². The van der Waals surface area contributed by atoms with Crippen molar-refractivity contribution in [2.75, 3.05) is 90.5 Å². The van der Waals surface area contributed by atoms with Crippen molar-refractivity contribution in [3.63, 3.8) is 0 Å². The van der Waals surface area contributed by atoms with Gasteiger partial charge in [-0.05, 0) is 94.6 Å². The molecule has 3 aromatic rings. The van der Waals surface area contributed by atoms with Crippen LogP contribution in [0.2, 0.25) is 5.02 Å². The molecular formula is C46H62ClFN6O7. The third-order valence-corrected chi connectivity index (χ3v) is 12.4. The van der Waals surface area contributed by atoms with E-state index in [1.807, 2.05) is 47.4 Å². The predicted molar refractivity (Wildman–Crippen MR) is 236 cm³/mol. The number of halogens is 2. The van der Waals surface area contributed by atoms with Crippen LogP contribution in [0.25, 0.3) is 0 Å². The average Bonchev–Trinajstić information content (AvgIpc) is 3.26. The largest absolute Gasteiger partial charge is 0.497 e. The minimum Gasteiger partial charge on any atom is -0.497 e. The molecule has 0 bridgehead atoms. The zero-order valence-corrected chi connectivity index (χ0v) is 36.8. The predicted octanol–water partition coefficient (Wildman–Crippen LogP) is 6.12. The Morgan fingerprint density at radius 3 is 1.97 bits per heavy atom. The second-order valence-corrected chi connectivity index (χ2v) is 16.7. The fourth-order valence-corrected chi connectivity index (χ4v) is 8.70. The molecule has 0 spiro atoms. The van der Waals surface area contributed by atoms with Gasteiger partial charge in [-0.2, -0.15) is 0 Å². The van der Waals surface area contributed by atoms with Crippen molar-refractivity contribution in [1.82, 2.24) is 20.0 Å². The van der Waals surface area contributed by atoms with Gasteiger partial charge in [0, 0.05) is 101 Å². The van der Waals surface area contributed by atoms with Crippen LogP contribution in [0.4, 0.5) is 15.8 Å². The normalized spacial score (nSPS) is 19.2.